The summed E-state index contributed by atoms with van der Waals surface area (Å²) in [4.78, 5) is 12.5. The molecule has 1 amide bonds. The molecule has 162 valence electrons. The van der Waals surface area contributed by atoms with Crippen molar-refractivity contribution in [3.8, 4) is 17.1 Å². The van der Waals surface area contributed by atoms with Gasteiger partial charge in [0.05, 0.1) is 22.9 Å². The van der Waals surface area contributed by atoms with Crippen molar-refractivity contribution in [3.63, 3.8) is 0 Å². The SMILES string of the molecule is COc1ccc(NC(=O)CSc2nnc(-c3ccccc3Cl)n2C2CCCC2)cc1Cl. The molecule has 0 spiro atoms. The fourth-order valence-electron chi connectivity index (χ4n) is 3.76. The lowest BCUT2D eigenvalue weighted by Gasteiger charge is -2.17. The molecule has 2 aromatic carbocycles. The van der Waals surface area contributed by atoms with Gasteiger partial charge in [0.1, 0.15) is 5.75 Å². The molecular weight excluding hydrogens is 455 g/mol. The van der Waals surface area contributed by atoms with Gasteiger partial charge in [-0.05, 0) is 43.2 Å². The highest BCUT2D eigenvalue weighted by Crippen LogP contribution is 2.38. The molecule has 31 heavy (non-hydrogen) atoms. The van der Waals surface area contributed by atoms with E-state index in [1.165, 1.54) is 24.6 Å². The maximum absolute atomic E-state index is 12.5. The first-order valence-corrected chi connectivity index (χ1v) is 11.8. The minimum Gasteiger partial charge on any atom is -0.495 e. The topological polar surface area (TPSA) is 69.0 Å². The lowest BCUT2D eigenvalue weighted by molar-refractivity contribution is -0.113. The molecule has 0 radical (unpaired) electrons. The molecule has 1 heterocycles. The number of halogens is 2. The van der Waals surface area contributed by atoms with Crippen molar-refractivity contribution in [3.05, 3.63) is 52.5 Å². The summed E-state index contributed by atoms with van der Waals surface area (Å²) < 4.78 is 7.29. The van der Waals surface area contributed by atoms with Crippen molar-refractivity contribution in [2.24, 2.45) is 0 Å². The first-order chi connectivity index (χ1) is 15.1. The monoisotopic (exact) mass is 476 g/mol. The molecule has 6 nitrogen and oxygen atoms in total. The number of aromatic nitrogens is 3. The summed E-state index contributed by atoms with van der Waals surface area (Å²) in [6.45, 7) is 0. The second-order valence-corrected chi connectivity index (χ2v) is 9.04. The van der Waals surface area contributed by atoms with E-state index < -0.39 is 0 Å². The van der Waals surface area contributed by atoms with E-state index >= 15 is 0 Å². The molecule has 1 saturated carbocycles. The number of thioether (sulfide) groups is 1. The summed E-state index contributed by atoms with van der Waals surface area (Å²) in [5.74, 6) is 1.37. The third-order valence-electron chi connectivity index (χ3n) is 5.24. The van der Waals surface area contributed by atoms with Gasteiger partial charge in [-0.3, -0.25) is 9.36 Å². The molecule has 1 aromatic heterocycles. The zero-order chi connectivity index (χ0) is 21.8. The van der Waals surface area contributed by atoms with Crippen LogP contribution in [0.15, 0.2) is 47.6 Å². The Morgan fingerprint density at radius 2 is 1.94 bits per heavy atom. The van der Waals surface area contributed by atoms with E-state index in [0.717, 1.165) is 29.4 Å². The molecule has 3 aromatic rings. The van der Waals surface area contributed by atoms with Gasteiger partial charge in [0.2, 0.25) is 5.91 Å². The summed E-state index contributed by atoms with van der Waals surface area (Å²) in [6.07, 6.45) is 4.49. The molecule has 0 saturated heterocycles. The van der Waals surface area contributed by atoms with Crippen LogP contribution in [-0.2, 0) is 4.79 Å². The fourth-order valence-corrected chi connectivity index (χ4v) is 5.05. The lowest BCUT2D eigenvalue weighted by atomic mass is 10.2. The van der Waals surface area contributed by atoms with Gasteiger partial charge in [-0.1, -0.05) is 59.9 Å². The molecule has 0 unspecified atom stereocenters. The molecular formula is C22H22Cl2N4O2S. The van der Waals surface area contributed by atoms with Gasteiger partial charge in [0.25, 0.3) is 0 Å². The zero-order valence-electron chi connectivity index (χ0n) is 17.0. The van der Waals surface area contributed by atoms with Crippen molar-refractivity contribution in [2.45, 2.75) is 36.9 Å². The third-order valence-corrected chi connectivity index (χ3v) is 6.81. The minimum atomic E-state index is -0.147. The summed E-state index contributed by atoms with van der Waals surface area (Å²) in [5, 5.41) is 13.5. The molecule has 9 heteroatoms. The van der Waals surface area contributed by atoms with Gasteiger partial charge >= 0.3 is 0 Å². The number of anilines is 1. The fraction of sp³-hybridized carbons (Fsp3) is 0.318. The van der Waals surface area contributed by atoms with E-state index in [9.17, 15) is 4.79 Å². The van der Waals surface area contributed by atoms with Crippen molar-refractivity contribution in [2.75, 3.05) is 18.2 Å². The Labute approximate surface area is 195 Å². The van der Waals surface area contributed by atoms with Crippen LogP contribution in [0, 0.1) is 0 Å². The molecule has 1 aliphatic rings. The Morgan fingerprint density at radius 1 is 1.16 bits per heavy atom. The van der Waals surface area contributed by atoms with Crippen LogP contribution >= 0.6 is 35.0 Å². The lowest BCUT2D eigenvalue weighted by Crippen LogP contribution is -2.15. The maximum atomic E-state index is 12.5. The highest BCUT2D eigenvalue weighted by molar-refractivity contribution is 7.99. The van der Waals surface area contributed by atoms with E-state index in [0.29, 0.717) is 27.5 Å². The van der Waals surface area contributed by atoms with E-state index in [2.05, 4.69) is 20.1 Å². The number of hydrogen-bond donors (Lipinski definition) is 1. The Kier molecular flexibility index (Phi) is 7.05. The second kappa shape index (κ2) is 9.94. The number of methoxy groups -OCH3 is 1. The van der Waals surface area contributed by atoms with E-state index in [1.807, 2.05) is 24.3 Å². The quantitative estimate of drug-likeness (QED) is 0.416. The number of amides is 1. The number of benzene rings is 2. The molecule has 0 aliphatic heterocycles. The molecule has 1 fully saturated rings. The highest BCUT2D eigenvalue weighted by Gasteiger charge is 2.26. The van der Waals surface area contributed by atoms with Crippen LogP contribution < -0.4 is 10.1 Å². The number of rotatable bonds is 7. The Bertz CT molecular complexity index is 1080. The highest BCUT2D eigenvalue weighted by atomic mass is 35.5. The van der Waals surface area contributed by atoms with Gasteiger partial charge in [0.15, 0.2) is 11.0 Å². The largest absolute Gasteiger partial charge is 0.495 e. The maximum Gasteiger partial charge on any atom is 0.234 e. The average Bonchev–Trinajstić information content (AvgIpc) is 3.42. The van der Waals surface area contributed by atoms with Gasteiger partial charge in [0, 0.05) is 17.3 Å². The number of nitrogens with zero attached hydrogens (tertiary/aromatic N) is 3. The summed E-state index contributed by atoms with van der Waals surface area (Å²) >= 11 is 13.9. The Balaban J connectivity index is 1.51. The van der Waals surface area contributed by atoms with Crippen molar-refractivity contribution in [1.82, 2.24) is 14.8 Å². The smallest absolute Gasteiger partial charge is 0.234 e. The molecule has 1 N–H and O–H groups in total. The van der Waals surface area contributed by atoms with Crippen molar-refractivity contribution in [1.29, 1.82) is 0 Å². The van der Waals surface area contributed by atoms with Crippen molar-refractivity contribution < 1.29 is 9.53 Å². The van der Waals surface area contributed by atoms with E-state index in [1.54, 1.807) is 25.3 Å². The molecule has 1 aliphatic carbocycles. The minimum absolute atomic E-state index is 0.147. The van der Waals surface area contributed by atoms with Gasteiger partial charge in [-0.25, -0.2) is 0 Å². The van der Waals surface area contributed by atoms with Crippen LogP contribution in [0.2, 0.25) is 10.0 Å². The predicted molar refractivity (Wildman–Crippen MR) is 125 cm³/mol. The van der Waals surface area contributed by atoms with Crippen molar-refractivity contribution >= 4 is 46.6 Å². The Morgan fingerprint density at radius 3 is 2.65 bits per heavy atom. The number of ether oxygens (including phenoxy) is 1. The number of hydrogen-bond acceptors (Lipinski definition) is 5. The summed E-state index contributed by atoms with van der Waals surface area (Å²) in [6, 6.07) is 13.1. The number of nitrogens with one attached hydrogen (secondary N) is 1. The molecule has 0 bridgehead atoms. The normalized spacial score (nSPS) is 14.0. The number of carbonyl (C=O) groups is 1. The summed E-state index contributed by atoms with van der Waals surface area (Å²) in [7, 11) is 1.55. The summed E-state index contributed by atoms with van der Waals surface area (Å²) in [5.41, 5.74) is 1.47. The average molecular weight is 477 g/mol. The first kappa shape index (κ1) is 22.0. The Hall–Kier alpha value is -2.22. The van der Waals surface area contributed by atoms with Gasteiger partial charge < -0.3 is 10.1 Å². The van der Waals surface area contributed by atoms with Gasteiger partial charge in [-0.15, -0.1) is 10.2 Å². The van der Waals surface area contributed by atoms with Crippen LogP contribution in [0.1, 0.15) is 31.7 Å². The van der Waals surface area contributed by atoms with Crippen LogP contribution in [0.3, 0.4) is 0 Å². The predicted octanol–water partition coefficient (Wildman–Crippen LogP) is 6.11. The van der Waals surface area contributed by atoms with Crippen LogP contribution in [0.4, 0.5) is 5.69 Å². The van der Waals surface area contributed by atoms with Crippen LogP contribution in [-0.4, -0.2) is 33.5 Å². The standard InChI is InChI=1S/C22H22Cl2N4O2S/c1-30-19-11-10-14(12-18(19)24)25-20(29)13-31-22-27-26-21(16-8-4-5-9-17(16)23)28(22)15-6-2-3-7-15/h4-5,8-12,15H,2-3,6-7,13H2,1H3,(H,25,29). The van der Waals surface area contributed by atoms with Crippen LogP contribution in [0.5, 0.6) is 5.75 Å². The second-order valence-electron chi connectivity index (χ2n) is 7.28. The van der Waals surface area contributed by atoms with E-state index in [4.69, 9.17) is 27.9 Å². The molecule has 4 rings (SSSR count). The first-order valence-electron chi connectivity index (χ1n) is 10.0. The molecule has 0 atom stereocenters. The van der Waals surface area contributed by atoms with E-state index in [-0.39, 0.29) is 11.7 Å². The zero-order valence-corrected chi connectivity index (χ0v) is 19.3. The van der Waals surface area contributed by atoms with Crippen LogP contribution in [0.25, 0.3) is 11.4 Å². The number of carbonyl (C=O) groups excluding carboxylic acids is 1. The van der Waals surface area contributed by atoms with Gasteiger partial charge in [-0.2, -0.15) is 0 Å². The third kappa shape index (κ3) is 5.00.